The van der Waals surface area contributed by atoms with E-state index in [1.807, 2.05) is 35.7 Å². The Labute approximate surface area is 154 Å². The van der Waals surface area contributed by atoms with E-state index in [9.17, 15) is 4.79 Å². The van der Waals surface area contributed by atoms with Gasteiger partial charge in [0.05, 0.1) is 12.1 Å². The molecule has 1 aromatic carbocycles. The predicted octanol–water partition coefficient (Wildman–Crippen LogP) is 3.73. The number of amides is 1. The van der Waals surface area contributed by atoms with E-state index in [1.54, 1.807) is 11.3 Å². The fourth-order valence-electron chi connectivity index (χ4n) is 3.22. The molecule has 25 heavy (non-hydrogen) atoms. The molecule has 1 aliphatic heterocycles. The molecule has 0 aliphatic carbocycles. The fourth-order valence-corrected chi connectivity index (χ4v) is 4.04. The molecule has 0 bridgehead atoms. The second kappa shape index (κ2) is 9.68. The molecule has 1 aliphatic rings. The van der Waals surface area contributed by atoms with E-state index in [1.165, 1.54) is 38.8 Å². The number of carbonyl (C=O) groups excluding carboxylic acids is 1. The van der Waals surface area contributed by atoms with Crippen molar-refractivity contribution in [2.24, 2.45) is 0 Å². The summed E-state index contributed by atoms with van der Waals surface area (Å²) >= 11 is 1.60. The van der Waals surface area contributed by atoms with Crippen molar-refractivity contribution in [3.63, 3.8) is 0 Å². The number of hydrogen-bond donors (Lipinski definition) is 1. The quantitative estimate of drug-likeness (QED) is 0.768. The van der Waals surface area contributed by atoms with E-state index in [0.29, 0.717) is 6.42 Å². The van der Waals surface area contributed by atoms with Crippen LogP contribution in [0.15, 0.2) is 35.7 Å². The summed E-state index contributed by atoms with van der Waals surface area (Å²) in [5.41, 5.74) is 1.96. The molecule has 2 aromatic rings. The molecule has 3 rings (SSSR count). The molecule has 1 aromatic heterocycles. The van der Waals surface area contributed by atoms with Crippen LogP contribution in [0.1, 0.15) is 37.8 Å². The molecule has 1 saturated heterocycles. The molecular weight excluding hydrogens is 330 g/mol. The molecule has 4 nitrogen and oxygen atoms in total. The molecule has 1 N–H and O–H groups in total. The number of hydrogen-bond acceptors (Lipinski definition) is 4. The van der Waals surface area contributed by atoms with Crippen LogP contribution in [0.3, 0.4) is 0 Å². The molecule has 1 fully saturated rings. The van der Waals surface area contributed by atoms with E-state index in [2.05, 4.69) is 15.2 Å². The summed E-state index contributed by atoms with van der Waals surface area (Å²) in [6, 6.07) is 10.1. The van der Waals surface area contributed by atoms with Crippen molar-refractivity contribution in [3.05, 3.63) is 41.4 Å². The second-order valence-electron chi connectivity index (χ2n) is 6.65. The van der Waals surface area contributed by atoms with Crippen LogP contribution in [0.2, 0.25) is 0 Å². The van der Waals surface area contributed by atoms with Crippen LogP contribution in [0.4, 0.5) is 0 Å². The Hall–Kier alpha value is -1.72. The first-order valence-electron chi connectivity index (χ1n) is 9.30. The van der Waals surface area contributed by atoms with Gasteiger partial charge in [-0.15, -0.1) is 11.3 Å². The van der Waals surface area contributed by atoms with Crippen molar-refractivity contribution in [2.75, 3.05) is 26.2 Å². The van der Waals surface area contributed by atoms with E-state index in [-0.39, 0.29) is 5.91 Å². The minimum absolute atomic E-state index is 0.0702. The standard InChI is InChI=1S/C20H27N3OS/c24-19(21-11-8-14-23-12-6-1-2-7-13-23)15-18-16-25-20(22-18)17-9-4-3-5-10-17/h3-5,9-10,16H,1-2,6-8,11-15H2,(H,21,24). The lowest BCUT2D eigenvalue weighted by Gasteiger charge is -2.19. The van der Waals surface area contributed by atoms with Crippen LogP contribution in [0, 0.1) is 0 Å². The van der Waals surface area contributed by atoms with Crippen LogP contribution in [0.5, 0.6) is 0 Å². The van der Waals surface area contributed by atoms with Gasteiger partial charge in [-0.1, -0.05) is 43.2 Å². The average Bonchev–Trinajstić information content (AvgIpc) is 2.94. The maximum atomic E-state index is 12.1. The van der Waals surface area contributed by atoms with Gasteiger partial charge in [-0.25, -0.2) is 4.98 Å². The molecule has 0 radical (unpaired) electrons. The number of thiazole rings is 1. The normalized spacial score (nSPS) is 15.7. The number of nitrogens with zero attached hydrogens (tertiary/aromatic N) is 2. The molecule has 0 unspecified atom stereocenters. The summed E-state index contributed by atoms with van der Waals surface area (Å²) < 4.78 is 0. The van der Waals surface area contributed by atoms with Gasteiger partial charge < -0.3 is 10.2 Å². The van der Waals surface area contributed by atoms with Gasteiger partial charge in [-0.05, 0) is 38.9 Å². The first-order valence-corrected chi connectivity index (χ1v) is 10.2. The first kappa shape index (κ1) is 18.1. The number of aromatic nitrogens is 1. The topological polar surface area (TPSA) is 45.2 Å². The van der Waals surface area contributed by atoms with Crippen molar-refractivity contribution in [1.29, 1.82) is 0 Å². The third kappa shape index (κ3) is 5.94. The van der Waals surface area contributed by atoms with Crippen LogP contribution >= 0.6 is 11.3 Å². The van der Waals surface area contributed by atoms with Crippen molar-refractivity contribution < 1.29 is 4.79 Å². The number of benzene rings is 1. The minimum atomic E-state index is 0.0702. The zero-order chi connectivity index (χ0) is 17.3. The van der Waals surface area contributed by atoms with Gasteiger partial charge in [0.2, 0.25) is 5.91 Å². The zero-order valence-corrected chi connectivity index (χ0v) is 15.6. The van der Waals surface area contributed by atoms with Crippen molar-refractivity contribution in [2.45, 2.75) is 38.5 Å². The summed E-state index contributed by atoms with van der Waals surface area (Å²) in [5, 5.41) is 6.00. The number of likely N-dealkylation sites (tertiary alicyclic amines) is 1. The molecule has 1 amide bonds. The summed E-state index contributed by atoms with van der Waals surface area (Å²) in [4.78, 5) is 19.2. The van der Waals surface area contributed by atoms with Gasteiger partial charge >= 0.3 is 0 Å². The van der Waals surface area contributed by atoms with Crippen LogP contribution in [-0.2, 0) is 11.2 Å². The number of rotatable bonds is 7. The van der Waals surface area contributed by atoms with Gasteiger partial charge in [0.15, 0.2) is 0 Å². The van der Waals surface area contributed by atoms with Crippen molar-refractivity contribution in [3.8, 4) is 10.6 Å². The lowest BCUT2D eigenvalue weighted by Crippen LogP contribution is -2.31. The molecule has 0 saturated carbocycles. The minimum Gasteiger partial charge on any atom is -0.356 e. The Balaban J connectivity index is 1.37. The van der Waals surface area contributed by atoms with Gasteiger partial charge in [-0.3, -0.25) is 4.79 Å². The van der Waals surface area contributed by atoms with Crippen molar-refractivity contribution in [1.82, 2.24) is 15.2 Å². The summed E-state index contributed by atoms with van der Waals surface area (Å²) in [6.07, 6.45) is 6.77. The fraction of sp³-hybridized carbons (Fsp3) is 0.500. The molecular formula is C20H27N3OS. The Morgan fingerprint density at radius 3 is 2.64 bits per heavy atom. The Bertz CT molecular complexity index is 648. The predicted molar refractivity (Wildman–Crippen MR) is 104 cm³/mol. The van der Waals surface area contributed by atoms with E-state index in [0.717, 1.165) is 35.8 Å². The van der Waals surface area contributed by atoms with E-state index < -0.39 is 0 Å². The third-order valence-corrected chi connectivity index (χ3v) is 5.53. The average molecular weight is 358 g/mol. The van der Waals surface area contributed by atoms with Crippen molar-refractivity contribution >= 4 is 17.2 Å². The maximum absolute atomic E-state index is 12.1. The molecule has 134 valence electrons. The lowest BCUT2D eigenvalue weighted by atomic mass is 10.2. The smallest absolute Gasteiger partial charge is 0.226 e. The van der Waals surface area contributed by atoms with Crippen LogP contribution in [0.25, 0.3) is 10.6 Å². The van der Waals surface area contributed by atoms with Crippen LogP contribution < -0.4 is 5.32 Å². The second-order valence-corrected chi connectivity index (χ2v) is 7.50. The largest absolute Gasteiger partial charge is 0.356 e. The highest BCUT2D eigenvalue weighted by atomic mass is 32.1. The lowest BCUT2D eigenvalue weighted by molar-refractivity contribution is -0.120. The van der Waals surface area contributed by atoms with Crippen LogP contribution in [-0.4, -0.2) is 42.0 Å². The highest BCUT2D eigenvalue weighted by Gasteiger charge is 2.10. The van der Waals surface area contributed by atoms with E-state index in [4.69, 9.17) is 0 Å². The zero-order valence-electron chi connectivity index (χ0n) is 14.7. The highest BCUT2D eigenvalue weighted by molar-refractivity contribution is 7.13. The first-order chi connectivity index (χ1) is 12.3. The van der Waals surface area contributed by atoms with Gasteiger partial charge in [0.25, 0.3) is 0 Å². The molecule has 0 spiro atoms. The highest BCUT2D eigenvalue weighted by Crippen LogP contribution is 2.23. The molecule has 0 atom stereocenters. The Kier molecular flexibility index (Phi) is 7.00. The van der Waals surface area contributed by atoms with Gasteiger partial charge in [0, 0.05) is 17.5 Å². The number of nitrogens with one attached hydrogen (secondary N) is 1. The molecule has 2 heterocycles. The SMILES string of the molecule is O=C(Cc1csc(-c2ccccc2)n1)NCCCN1CCCCCC1. The monoisotopic (exact) mass is 357 g/mol. The van der Waals surface area contributed by atoms with Gasteiger partial charge in [-0.2, -0.15) is 0 Å². The molecule has 5 heteroatoms. The summed E-state index contributed by atoms with van der Waals surface area (Å²) in [5.74, 6) is 0.0702. The summed E-state index contributed by atoms with van der Waals surface area (Å²) in [6.45, 7) is 4.28. The maximum Gasteiger partial charge on any atom is 0.226 e. The number of carbonyl (C=O) groups is 1. The Morgan fingerprint density at radius 2 is 1.88 bits per heavy atom. The van der Waals surface area contributed by atoms with E-state index >= 15 is 0 Å². The summed E-state index contributed by atoms with van der Waals surface area (Å²) in [7, 11) is 0. The third-order valence-electron chi connectivity index (χ3n) is 4.59. The Morgan fingerprint density at radius 1 is 1.12 bits per heavy atom. The van der Waals surface area contributed by atoms with Gasteiger partial charge in [0.1, 0.15) is 5.01 Å².